The predicted octanol–water partition coefficient (Wildman–Crippen LogP) is 6.64. The van der Waals surface area contributed by atoms with Crippen molar-refractivity contribution in [2.45, 2.75) is 36.6 Å². The Bertz CT molecular complexity index is 1410. The van der Waals surface area contributed by atoms with Gasteiger partial charge in [0.1, 0.15) is 10.8 Å². The molecule has 0 atom stereocenters. The minimum absolute atomic E-state index is 0.753. The van der Waals surface area contributed by atoms with Crippen molar-refractivity contribution < 1.29 is 0 Å². The average molecular weight is 538 g/mol. The molecule has 0 bridgehead atoms. The number of anilines is 2. The minimum atomic E-state index is 0.753. The first-order valence-corrected chi connectivity index (χ1v) is 13.0. The standard InChI is InChI=1S/C24H21BrN6S2/c1-15-11-23(31-22(27-15)10-16(2)30-31)33-20-12-21(26-13-19(20)25)29-24-28-18(14-32-24)9-8-17-6-4-3-5-7-17/h3-7,10-14H,8-9H2,1-2H3,(H,26,28,29). The Hall–Kier alpha value is -2.75. The molecular formula is C24H21BrN6S2. The summed E-state index contributed by atoms with van der Waals surface area (Å²) >= 11 is 6.86. The van der Waals surface area contributed by atoms with Gasteiger partial charge in [-0.1, -0.05) is 42.1 Å². The molecule has 0 aliphatic heterocycles. The van der Waals surface area contributed by atoms with E-state index >= 15 is 0 Å². The topological polar surface area (TPSA) is 68.0 Å². The van der Waals surface area contributed by atoms with Gasteiger partial charge in [-0.15, -0.1) is 11.3 Å². The van der Waals surface area contributed by atoms with E-state index in [9.17, 15) is 0 Å². The molecule has 0 unspecified atom stereocenters. The third-order valence-electron chi connectivity index (χ3n) is 4.98. The van der Waals surface area contributed by atoms with Gasteiger partial charge in [0.25, 0.3) is 0 Å². The second-order valence-corrected chi connectivity index (χ2v) is 10.4. The Labute approximate surface area is 208 Å². The van der Waals surface area contributed by atoms with E-state index in [1.807, 2.05) is 48.8 Å². The lowest BCUT2D eigenvalue weighted by atomic mass is 10.1. The van der Waals surface area contributed by atoms with Crippen molar-refractivity contribution in [3.8, 4) is 0 Å². The molecule has 5 rings (SSSR count). The molecule has 5 aromatic rings. The van der Waals surface area contributed by atoms with Crippen LogP contribution in [0.5, 0.6) is 0 Å². The van der Waals surface area contributed by atoms with E-state index < -0.39 is 0 Å². The molecule has 0 aliphatic rings. The second kappa shape index (κ2) is 9.62. The van der Waals surface area contributed by atoms with E-state index in [1.54, 1.807) is 23.1 Å². The van der Waals surface area contributed by atoms with E-state index in [2.05, 4.69) is 66.0 Å². The highest BCUT2D eigenvalue weighted by molar-refractivity contribution is 9.10. The molecule has 0 radical (unpaired) electrons. The molecule has 6 nitrogen and oxygen atoms in total. The van der Waals surface area contributed by atoms with E-state index in [0.717, 1.165) is 60.9 Å². The van der Waals surface area contributed by atoms with E-state index in [4.69, 9.17) is 4.98 Å². The molecular weight excluding hydrogens is 516 g/mol. The molecule has 0 fully saturated rings. The highest BCUT2D eigenvalue weighted by Crippen LogP contribution is 2.35. The van der Waals surface area contributed by atoms with Gasteiger partial charge in [0.15, 0.2) is 10.8 Å². The third kappa shape index (κ3) is 5.26. The number of nitrogens with one attached hydrogen (secondary N) is 1. The largest absolute Gasteiger partial charge is 0.316 e. The lowest BCUT2D eigenvalue weighted by Crippen LogP contribution is -1.98. The van der Waals surface area contributed by atoms with Crippen LogP contribution in [-0.2, 0) is 12.8 Å². The summed E-state index contributed by atoms with van der Waals surface area (Å²) in [5.74, 6) is 0.753. The van der Waals surface area contributed by atoms with Crippen LogP contribution in [0.4, 0.5) is 10.9 Å². The maximum atomic E-state index is 4.74. The summed E-state index contributed by atoms with van der Waals surface area (Å²) in [7, 11) is 0. The van der Waals surface area contributed by atoms with Crippen LogP contribution in [-0.4, -0.2) is 24.6 Å². The fourth-order valence-corrected chi connectivity index (χ4v) is 5.65. The summed E-state index contributed by atoms with van der Waals surface area (Å²) in [6, 6.07) is 16.6. The molecule has 4 aromatic heterocycles. The number of aryl methyl sites for hydroxylation is 4. The van der Waals surface area contributed by atoms with Crippen LogP contribution in [0.15, 0.2) is 74.5 Å². The van der Waals surface area contributed by atoms with Gasteiger partial charge in [-0.3, -0.25) is 0 Å². The van der Waals surface area contributed by atoms with Crippen molar-refractivity contribution in [2.75, 3.05) is 5.32 Å². The zero-order valence-electron chi connectivity index (χ0n) is 18.1. The minimum Gasteiger partial charge on any atom is -0.316 e. The van der Waals surface area contributed by atoms with Gasteiger partial charge in [0.2, 0.25) is 0 Å². The third-order valence-corrected chi connectivity index (χ3v) is 7.74. The normalized spacial score (nSPS) is 11.2. The van der Waals surface area contributed by atoms with Crippen molar-refractivity contribution in [2.24, 2.45) is 0 Å². The van der Waals surface area contributed by atoms with Gasteiger partial charge in [-0.25, -0.2) is 19.5 Å². The molecule has 1 N–H and O–H groups in total. The zero-order chi connectivity index (χ0) is 22.8. The molecule has 0 saturated carbocycles. The molecule has 33 heavy (non-hydrogen) atoms. The SMILES string of the molecule is Cc1cc(Sc2cc(Nc3nc(CCc4ccccc4)cs3)ncc2Br)n2nc(C)cc2n1. The first kappa shape index (κ1) is 22.1. The van der Waals surface area contributed by atoms with Gasteiger partial charge in [-0.05, 0) is 60.3 Å². The van der Waals surface area contributed by atoms with Crippen LogP contribution in [0.2, 0.25) is 0 Å². The van der Waals surface area contributed by atoms with Gasteiger partial charge >= 0.3 is 0 Å². The van der Waals surface area contributed by atoms with Gasteiger partial charge in [0.05, 0.1) is 15.9 Å². The van der Waals surface area contributed by atoms with Crippen molar-refractivity contribution in [1.29, 1.82) is 0 Å². The molecule has 166 valence electrons. The maximum Gasteiger partial charge on any atom is 0.188 e. The average Bonchev–Trinajstić information content (AvgIpc) is 3.41. The monoisotopic (exact) mass is 536 g/mol. The first-order chi connectivity index (χ1) is 16.0. The summed E-state index contributed by atoms with van der Waals surface area (Å²) in [6.07, 6.45) is 3.71. The van der Waals surface area contributed by atoms with E-state index in [-0.39, 0.29) is 0 Å². The Balaban J connectivity index is 1.32. The number of benzene rings is 1. The summed E-state index contributed by atoms with van der Waals surface area (Å²) in [5.41, 5.74) is 5.16. The van der Waals surface area contributed by atoms with Crippen LogP contribution in [0.3, 0.4) is 0 Å². The van der Waals surface area contributed by atoms with Crippen LogP contribution in [0.25, 0.3) is 5.65 Å². The molecule has 0 amide bonds. The van der Waals surface area contributed by atoms with Gasteiger partial charge in [0, 0.05) is 28.2 Å². The molecule has 0 saturated heterocycles. The number of pyridine rings is 1. The quantitative estimate of drug-likeness (QED) is 0.235. The number of halogens is 1. The van der Waals surface area contributed by atoms with Crippen LogP contribution in [0.1, 0.15) is 22.6 Å². The number of rotatable bonds is 7. The first-order valence-electron chi connectivity index (χ1n) is 10.5. The second-order valence-electron chi connectivity index (χ2n) is 7.65. The van der Waals surface area contributed by atoms with Crippen molar-refractivity contribution >= 4 is 55.6 Å². The number of thiazole rings is 1. The van der Waals surface area contributed by atoms with Crippen LogP contribution >= 0.6 is 39.0 Å². The van der Waals surface area contributed by atoms with E-state index in [0.29, 0.717) is 0 Å². The van der Waals surface area contributed by atoms with Crippen molar-refractivity contribution in [1.82, 2.24) is 24.6 Å². The number of aromatic nitrogens is 5. The molecule has 0 spiro atoms. The highest BCUT2D eigenvalue weighted by atomic mass is 79.9. The van der Waals surface area contributed by atoms with Crippen LogP contribution < -0.4 is 5.32 Å². The smallest absolute Gasteiger partial charge is 0.188 e. The van der Waals surface area contributed by atoms with Crippen molar-refractivity contribution in [3.05, 3.63) is 87.2 Å². The number of nitrogens with zero attached hydrogens (tertiary/aromatic N) is 5. The molecule has 4 heterocycles. The summed E-state index contributed by atoms with van der Waals surface area (Å²) in [6.45, 7) is 3.98. The Morgan fingerprint density at radius 2 is 1.88 bits per heavy atom. The fourth-order valence-electron chi connectivity index (χ4n) is 3.44. The molecule has 9 heteroatoms. The van der Waals surface area contributed by atoms with Crippen LogP contribution in [0, 0.1) is 13.8 Å². The Morgan fingerprint density at radius 1 is 1.03 bits per heavy atom. The Morgan fingerprint density at radius 3 is 2.73 bits per heavy atom. The summed E-state index contributed by atoms with van der Waals surface area (Å²) < 4.78 is 2.81. The van der Waals surface area contributed by atoms with Gasteiger partial charge in [-0.2, -0.15) is 5.10 Å². The predicted molar refractivity (Wildman–Crippen MR) is 138 cm³/mol. The number of hydrogen-bond acceptors (Lipinski definition) is 7. The number of fused-ring (bicyclic) bond motifs is 1. The summed E-state index contributed by atoms with van der Waals surface area (Å²) in [5, 5.41) is 11.9. The molecule has 0 aliphatic carbocycles. The molecule has 1 aromatic carbocycles. The highest BCUT2D eigenvalue weighted by Gasteiger charge is 2.12. The van der Waals surface area contributed by atoms with Crippen molar-refractivity contribution in [3.63, 3.8) is 0 Å². The fraction of sp³-hybridized carbons (Fsp3) is 0.167. The lowest BCUT2D eigenvalue weighted by molar-refractivity contribution is 0.821. The lowest BCUT2D eigenvalue weighted by Gasteiger charge is -2.09. The maximum absolute atomic E-state index is 4.74. The van der Waals surface area contributed by atoms with Gasteiger partial charge < -0.3 is 5.32 Å². The zero-order valence-corrected chi connectivity index (χ0v) is 21.3. The number of hydrogen-bond donors (Lipinski definition) is 1. The Kier molecular flexibility index (Phi) is 6.43. The van der Waals surface area contributed by atoms with E-state index in [1.165, 1.54) is 5.56 Å². The summed E-state index contributed by atoms with van der Waals surface area (Å²) in [4.78, 5) is 14.9.